The molecule has 1 N–H and O–H groups in total. The van der Waals surface area contributed by atoms with E-state index in [1.54, 1.807) is 18.3 Å². The summed E-state index contributed by atoms with van der Waals surface area (Å²) in [6.07, 6.45) is 1.61. The minimum atomic E-state index is -0.729. The first-order chi connectivity index (χ1) is 10.2. The maximum Gasteiger partial charge on any atom is 0.258 e. The van der Waals surface area contributed by atoms with Crippen molar-refractivity contribution in [2.45, 2.75) is 12.6 Å². The number of anilines is 1. The predicted octanol–water partition coefficient (Wildman–Crippen LogP) is 2.67. The highest BCUT2D eigenvalue weighted by atomic mass is 16.5. The zero-order chi connectivity index (χ0) is 14.9. The zero-order valence-corrected chi connectivity index (χ0v) is 12.1. The number of ether oxygens (including phenoxy) is 1. The largest absolute Gasteiger partial charge is 0.465 e. The molecule has 0 fully saturated rings. The Morgan fingerprint density at radius 1 is 1.29 bits per heavy atom. The van der Waals surface area contributed by atoms with Gasteiger partial charge in [0.1, 0.15) is 5.76 Å². The third-order valence-corrected chi connectivity index (χ3v) is 3.84. The van der Waals surface area contributed by atoms with Crippen molar-refractivity contribution in [1.82, 2.24) is 4.90 Å². The van der Waals surface area contributed by atoms with Crippen molar-refractivity contribution in [3.8, 4) is 0 Å². The lowest BCUT2D eigenvalue weighted by Gasteiger charge is -2.44. The SMILES string of the molecule is COCCN1C(=O)c2ccccc2NC1(C)c1ccco1. The van der Waals surface area contributed by atoms with Crippen LogP contribution in [0.3, 0.4) is 0 Å². The van der Waals surface area contributed by atoms with Crippen LogP contribution in [-0.4, -0.2) is 31.1 Å². The highest BCUT2D eigenvalue weighted by molar-refractivity contribution is 6.02. The number of rotatable bonds is 4. The van der Waals surface area contributed by atoms with Gasteiger partial charge in [-0.25, -0.2) is 0 Å². The second-order valence-electron chi connectivity index (χ2n) is 5.17. The van der Waals surface area contributed by atoms with Crippen molar-refractivity contribution in [3.63, 3.8) is 0 Å². The van der Waals surface area contributed by atoms with Crippen LogP contribution in [0.1, 0.15) is 23.0 Å². The van der Waals surface area contributed by atoms with Crippen molar-refractivity contribution in [3.05, 3.63) is 54.0 Å². The lowest BCUT2D eigenvalue weighted by molar-refractivity contribution is 0.0385. The number of benzene rings is 1. The van der Waals surface area contributed by atoms with Gasteiger partial charge in [0.25, 0.3) is 5.91 Å². The molecule has 5 heteroatoms. The maximum absolute atomic E-state index is 12.8. The van der Waals surface area contributed by atoms with Crippen LogP contribution in [0.15, 0.2) is 47.1 Å². The van der Waals surface area contributed by atoms with Crippen LogP contribution in [0, 0.1) is 0 Å². The normalized spacial score (nSPS) is 21.0. The Labute approximate surface area is 123 Å². The molecule has 0 spiro atoms. The molecular formula is C16H18N2O3. The summed E-state index contributed by atoms with van der Waals surface area (Å²) in [5, 5.41) is 3.42. The van der Waals surface area contributed by atoms with Gasteiger partial charge in [0.2, 0.25) is 0 Å². The molecule has 3 rings (SSSR count). The first kappa shape index (κ1) is 13.7. The van der Waals surface area contributed by atoms with Gasteiger partial charge < -0.3 is 19.4 Å². The van der Waals surface area contributed by atoms with Crippen LogP contribution < -0.4 is 5.32 Å². The fourth-order valence-electron chi connectivity index (χ4n) is 2.71. The van der Waals surface area contributed by atoms with Crippen LogP contribution in [0.25, 0.3) is 0 Å². The van der Waals surface area contributed by atoms with Crippen LogP contribution in [0.2, 0.25) is 0 Å². The topological polar surface area (TPSA) is 54.7 Å². The molecule has 0 aliphatic carbocycles. The monoisotopic (exact) mass is 286 g/mol. The summed E-state index contributed by atoms with van der Waals surface area (Å²) in [6.45, 7) is 2.88. The number of fused-ring (bicyclic) bond motifs is 1. The second kappa shape index (κ2) is 5.26. The third kappa shape index (κ3) is 2.19. The molecule has 0 radical (unpaired) electrons. The number of carbonyl (C=O) groups is 1. The van der Waals surface area contributed by atoms with Crippen LogP contribution in [0.5, 0.6) is 0 Å². The van der Waals surface area contributed by atoms with Gasteiger partial charge >= 0.3 is 0 Å². The molecule has 0 saturated heterocycles. The van der Waals surface area contributed by atoms with E-state index in [-0.39, 0.29) is 5.91 Å². The third-order valence-electron chi connectivity index (χ3n) is 3.84. The lowest BCUT2D eigenvalue weighted by atomic mass is 9.98. The lowest BCUT2D eigenvalue weighted by Crippen LogP contribution is -2.56. The Hall–Kier alpha value is -2.27. The summed E-state index contributed by atoms with van der Waals surface area (Å²) in [5.41, 5.74) is 0.751. The number of furan rings is 1. The number of nitrogens with one attached hydrogen (secondary N) is 1. The van der Waals surface area contributed by atoms with E-state index >= 15 is 0 Å². The summed E-state index contributed by atoms with van der Waals surface area (Å²) in [6, 6.07) is 11.2. The molecule has 5 nitrogen and oxygen atoms in total. The number of para-hydroxylation sites is 1. The number of methoxy groups -OCH3 is 1. The van der Waals surface area contributed by atoms with Crippen molar-refractivity contribution in [1.29, 1.82) is 0 Å². The van der Waals surface area contributed by atoms with Crippen LogP contribution >= 0.6 is 0 Å². The average molecular weight is 286 g/mol. The molecule has 110 valence electrons. The van der Waals surface area contributed by atoms with E-state index in [2.05, 4.69) is 5.32 Å². The molecule has 1 amide bonds. The van der Waals surface area contributed by atoms with E-state index in [1.165, 1.54) is 0 Å². The van der Waals surface area contributed by atoms with Crippen molar-refractivity contribution < 1.29 is 13.9 Å². The smallest absolute Gasteiger partial charge is 0.258 e. The molecule has 1 atom stereocenters. The van der Waals surface area contributed by atoms with E-state index in [0.29, 0.717) is 24.5 Å². The summed E-state index contributed by atoms with van der Waals surface area (Å²) >= 11 is 0. The van der Waals surface area contributed by atoms with Gasteiger partial charge in [0, 0.05) is 19.3 Å². The van der Waals surface area contributed by atoms with Crippen LogP contribution in [-0.2, 0) is 10.4 Å². The molecule has 21 heavy (non-hydrogen) atoms. The average Bonchev–Trinajstić information content (AvgIpc) is 3.02. The minimum Gasteiger partial charge on any atom is -0.465 e. The minimum absolute atomic E-state index is 0.0275. The second-order valence-corrected chi connectivity index (χ2v) is 5.17. The first-order valence-corrected chi connectivity index (χ1v) is 6.89. The zero-order valence-electron chi connectivity index (χ0n) is 12.1. The van der Waals surface area contributed by atoms with Crippen molar-refractivity contribution in [2.24, 2.45) is 0 Å². The van der Waals surface area contributed by atoms with Gasteiger partial charge in [-0.1, -0.05) is 12.1 Å². The number of carbonyl (C=O) groups excluding carboxylic acids is 1. The fraction of sp³-hybridized carbons (Fsp3) is 0.312. The van der Waals surface area contributed by atoms with Gasteiger partial charge in [-0.15, -0.1) is 0 Å². The summed E-state index contributed by atoms with van der Waals surface area (Å²) < 4.78 is 10.7. The fourth-order valence-corrected chi connectivity index (χ4v) is 2.71. The Bertz CT molecular complexity index is 639. The van der Waals surface area contributed by atoms with Crippen LogP contribution in [0.4, 0.5) is 5.69 Å². The molecular weight excluding hydrogens is 268 g/mol. The Kier molecular flexibility index (Phi) is 3.43. The van der Waals surface area contributed by atoms with E-state index < -0.39 is 5.66 Å². The number of amides is 1. The molecule has 1 aromatic heterocycles. The number of nitrogens with zero attached hydrogens (tertiary/aromatic N) is 1. The van der Waals surface area contributed by atoms with E-state index in [1.807, 2.05) is 43.3 Å². The molecule has 1 aliphatic rings. The molecule has 1 aliphatic heterocycles. The summed E-state index contributed by atoms with van der Waals surface area (Å²) in [4.78, 5) is 14.6. The Morgan fingerprint density at radius 3 is 2.81 bits per heavy atom. The molecule has 2 aromatic rings. The van der Waals surface area contributed by atoms with Gasteiger partial charge in [0.15, 0.2) is 5.66 Å². The first-order valence-electron chi connectivity index (χ1n) is 6.89. The highest BCUT2D eigenvalue weighted by Gasteiger charge is 2.44. The van der Waals surface area contributed by atoms with E-state index in [9.17, 15) is 4.79 Å². The summed E-state index contributed by atoms with van der Waals surface area (Å²) in [5.74, 6) is 0.668. The van der Waals surface area contributed by atoms with Gasteiger partial charge in [0.05, 0.1) is 18.4 Å². The van der Waals surface area contributed by atoms with E-state index in [0.717, 1.165) is 5.69 Å². The van der Waals surface area contributed by atoms with Gasteiger partial charge in [-0.05, 0) is 31.2 Å². The van der Waals surface area contributed by atoms with Crippen molar-refractivity contribution in [2.75, 3.05) is 25.6 Å². The Balaban J connectivity index is 2.07. The standard InChI is InChI=1S/C16H18N2O3/c1-16(14-8-5-10-21-14)17-13-7-4-3-6-12(13)15(19)18(16)9-11-20-2/h3-8,10,17H,9,11H2,1-2H3. The number of hydrogen-bond acceptors (Lipinski definition) is 4. The number of hydrogen-bond donors (Lipinski definition) is 1. The molecule has 0 saturated carbocycles. The molecule has 2 heterocycles. The van der Waals surface area contributed by atoms with Gasteiger partial charge in [-0.3, -0.25) is 4.79 Å². The summed E-state index contributed by atoms with van der Waals surface area (Å²) in [7, 11) is 1.63. The molecule has 1 aromatic carbocycles. The quantitative estimate of drug-likeness (QED) is 0.939. The maximum atomic E-state index is 12.8. The van der Waals surface area contributed by atoms with E-state index in [4.69, 9.17) is 9.15 Å². The van der Waals surface area contributed by atoms with Gasteiger partial charge in [-0.2, -0.15) is 0 Å². The molecule has 0 bridgehead atoms. The molecule has 1 unspecified atom stereocenters. The Morgan fingerprint density at radius 2 is 2.10 bits per heavy atom. The van der Waals surface area contributed by atoms with Crippen molar-refractivity contribution >= 4 is 11.6 Å². The predicted molar refractivity (Wildman–Crippen MR) is 79.0 cm³/mol. The highest BCUT2D eigenvalue weighted by Crippen LogP contribution is 2.37.